The lowest BCUT2D eigenvalue weighted by molar-refractivity contribution is -0.137. The van der Waals surface area contributed by atoms with Gasteiger partial charge in [-0.25, -0.2) is 0 Å². The van der Waals surface area contributed by atoms with Crippen molar-refractivity contribution >= 4 is 11.8 Å². The summed E-state index contributed by atoms with van der Waals surface area (Å²) in [7, 11) is 0. The van der Waals surface area contributed by atoms with Gasteiger partial charge in [0.2, 0.25) is 11.8 Å². The van der Waals surface area contributed by atoms with Gasteiger partial charge < -0.3 is 15.0 Å². The molecule has 28 heavy (non-hydrogen) atoms. The maximum atomic E-state index is 12.5. The zero-order valence-corrected chi connectivity index (χ0v) is 16.3. The number of aromatic nitrogens is 1. The molecule has 2 atom stereocenters. The van der Waals surface area contributed by atoms with Crippen LogP contribution in [0.25, 0.3) is 11.3 Å². The summed E-state index contributed by atoms with van der Waals surface area (Å²) in [6.07, 6.45) is 4.08. The van der Waals surface area contributed by atoms with Crippen molar-refractivity contribution in [3.05, 3.63) is 47.7 Å². The first-order chi connectivity index (χ1) is 13.5. The van der Waals surface area contributed by atoms with E-state index >= 15 is 0 Å². The summed E-state index contributed by atoms with van der Waals surface area (Å²) in [5.41, 5.74) is 4.11. The van der Waals surface area contributed by atoms with E-state index in [-0.39, 0.29) is 24.0 Å². The number of ether oxygens (including phenoxy) is 1. The number of benzene rings is 1. The van der Waals surface area contributed by atoms with Gasteiger partial charge in [0, 0.05) is 31.6 Å². The molecule has 0 bridgehead atoms. The molecule has 6 nitrogen and oxygen atoms in total. The Labute approximate surface area is 164 Å². The van der Waals surface area contributed by atoms with Crippen molar-refractivity contribution in [2.45, 2.75) is 45.3 Å². The van der Waals surface area contributed by atoms with Gasteiger partial charge in [-0.05, 0) is 43.0 Å². The molecule has 0 aliphatic carbocycles. The molecule has 1 aromatic carbocycles. The summed E-state index contributed by atoms with van der Waals surface area (Å²) in [5, 5.41) is 2.98. The average molecular weight is 379 g/mol. The number of nitrogens with zero attached hydrogens (tertiary/aromatic N) is 2. The van der Waals surface area contributed by atoms with E-state index in [1.54, 1.807) is 4.90 Å². The minimum atomic E-state index is -0.353. The quantitative estimate of drug-likeness (QED) is 0.886. The van der Waals surface area contributed by atoms with Gasteiger partial charge in [0.05, 0.1) is 12.2 Å². The average Bonchev–Trinajstić information content (AvgIpc) is 3.33. The predicted molar refractivity (Wildman–Crippen MR) is 106 cm³/mol. The molecule has 6 heteroatoms. The molecule has 1 N–H and O–H groups in total. The fourth-order valence-corrected chi connectivity index (χ4v) is 4.03. The third kappa shape index (κ3) is 3.59. The Bertz CT molecular complexity index is 894. The second kappa shape index (κ2) is 7.62. The summed E-state index contributed by atoms with van der Waals surface area (Å²) >= 11 is 0. The highest BCUT2D eigenvalue weighted by molar-refractivity contribution is 5.87. The van der Waals surface area contributed by atoms with Crippen LogP contribution in [-0.4, -0.2) is 46.9 Å². The number of hydrogen-bond acceptors (Lipinski definition) is 4. The third-order valence-electron chi connectivity index (χ3n) is 5.48. The molecule has 146 valence electrons. The zero-order chi connectivity index (χ0) is 19.7. The topological polar surface area (TPSA) is 71.5 Å². The van der Waals surface area contributed by atoms with E-state index in [4.69, 9.17) is 4.74 Å². The lowest BCUT2D eigenvalue weighted by Crippen LogP contribution is -2.47. The molecule has 1 aromatic heterocycles. The molecule has 4 rings (SSSR count). The van der Waals surface area contributed by atoms with Crippen LogP contribution in [0.5, 0.6) is 5.75 Å². The van der Waals surface area contributed by atoms with Crippen LogP contribution >= 0.6 is 0 Å². The monoisotopic (exact) mass is 379 g/mol. The standard InChI is InChI=1S/C22H25N3O3/c1-14-8-9-19(23-12-14)18-6-3-5-16-11-17(28-21(16)18)13-24-22(27)20-7-4-10-25(20)15(2)26/h3,5-6,8-9,12,17,20H,4,7,10-11,13H2,1-2H3,(H,24,27)/t17-,20+/m1/s1. The van der Waals surface area contributed by atoms with E-state index in [2.05, 4.69) is 16.4 Å². The number of rotatable bonds is 4. The van der Waals surface area contributed by atoms with Gasteiger partial charge >= 0.3 is 0 Å². The molecular weight excluding hydrogens is 354 g/mol. The molecule has 1 fully saturated rings. The molecule has 1 saturated heterocycles. The highest BCUT2D eigenvalue weighted by Gasteiger charge is 2.33. The molecular formula is C22H25N3O3. The van der Waals surface area contributed by atoms with E-state index in [0.717, 1.165) is 47.4 Å². The number of likely N-dealkylation sites (tertiary alicyclic amines) is 1. The van der Waals surface area contributed by atoms with Crippen molar-refractivity contribution in [1.29, 1.82) is 0 Å². The summed E-state index contributed by atoms with van der Waals surface area (Å²) in [6, 6.07) is 9.78. The van der Waals surface area contributed by atoms with Crippen LogP contribution in [0.15, 0.2) is 36.5 Å². The van der Waals surface area contributed by atoms with Crippen LogP contribution in [0.3, 0.4) is 0 Å². The number of nitrogens with one attached hydrogen (secondary N) is 1. The van der Waals surface area contributed by atoms with Crippen LogP contribution in [-0.2, 0) is 16.0 Å². The van der Waals surface area contributed by atoms with Crippen molar-refractivity contribution < 1.29 is 14.3 Å². The number of amides is 2. The number of fused-ring (bicyclic) bond motifs is 1. The Hall–Kier alpha value is -2.89. The van der Waals surface area contributed by atoms with Crippen LogP contribution in [0.4, 0.5) is 0 Å². The van der Waals surface area contributed by atoms with Crippen LogP contribution in [0.1, 0.15) is 30.9 Å². The Morgan fingerprint density at radius 1 is 1.29 bits per heavy atom. The predicted octanol–water partition coefficient (Wildman–Crippen LogP) is 2.49. The Balaban J connectivity index is 1.42. The number of hydrogen-bond donors (Lipinski definition) is 1. The third-order valence-corrected chi connectivity index (χ3v) is 5.48. The fourth-order valence-electron chi connectivity index (χ4n) is 4.03. The molecule has 2 amide bonds. The first kappa shape index (κ1) is 18.5. The first-order valence-corrected chi connectivity index (χ1v) is 9.79. The maximum absolute atomic E-state index is 12.5. The van der Waals surface area contributed by atoms with Crippen molar-refractivity contribution in [3.8, 4) is 17.0 Å². The summed E-state index contributed by atoms with van der Waals surface area (Å²) in [6.45, 7) is 4.62. The van der Waals surface area contributed by atoms with E-state index in [1.807, 2.05) is 37.4 Å². The molecule has 0 saturated carbocycles. The molecule has 3 heterocycles. The van der Waals surface area contributed by atoms with Gasteiger partial charge in [-0.3, -0.25) is 14.6 Å². The van der Waals surface area contributed by atoms with Gasteiger partial charge in [0.15, 0.2) is 0 Å². The van der Waals surface area contributed by atoms with Crippen molar-refractivity contribution in [3.63, 3.8) is 0 Å². The minimum absolute atomic E-state index is 0.0441. The number of pyridine rings is 1. The van der Waals surface area contributed by atoms with E-state index in [9.17, 15) is 9.59 Å². The first-order valence-electron chi connectivity index (χ1n) is 9.79. The van der Waals surface area contributed by atoms with Gasteiger partial charge in [0.1, 0.15) is 17.9 Å². The van der Waals surface area contributed by atoms with E-state index < -0.39 is 0 Å². The SMILES string of the molecule is CC(=O)N1CCC[C@H]1C(=O)NC[C@H]1Cc2cccc(-c3ccc(C)cn3)c2O1. The molecule has 2 aliphatic heterocycles. The molecule has 0 spiro atoms. The van der Waals surface area contributed by atoms with Gasteiger partial charge in [0.25, 0.3) is 0 Å². The summed E-state index contributed by atoms with van der Waals surface area (Å²) in [5.74, 6) is 0.717. The summed E-state index contributed by atoms with van der Waals surface area (Å²) < 4.78 is 6.17. The Morgan fingerprint density at radius 3 is 2.89 bits per heavy atom. The highest BCUT2D eigenvalue weighted by Crippen LogP contribution is 2.37. The van der Waals surface area contributed by atoms with Crippen molar-refractivity contribution in [2.75, 3.05) is 13.1 Å². The van der Waals surface area contributed by atoms with Gasteiger partial charge in [-0.2, -0.15) is 0 Å². The molecule has 0 radical (unpaired) electrons. The Kier molecular flexibility index (Phi) is 5.03. The highest BCUT2D eigenvalue weighted by atomic mass is 16.5. The number of carbonyl (C=O) groups excluding carboxylic acids is 2. The largest absolute Gasteiger partial charge is 0.487 e. The summed E-state index contributed by atoms with van der Waals surface area (Å²) in [4.78, 5) is 30.4. The second-order valence-electron chi connectivity index (χ2n) is 7.57. The molecule has 0 unspecified atom stereocenters. The smallest absolute Gasteiger partial charge is 0.242 e. The lowest BCUT2D eigenvalue weighted by Gasteiger charge is -2.23. The van der Waals surface area contributed by atoms with Crippen LogP contribution in [0, 0.1) is 6.92 Å². The van der Waals surface area contributed by atoms with E-state index in [1.165, 1.54) is 6.92 Å². The minimum Gasteiger partial charge on any atom is -0.487 e. The fraction of sp³-hybridized carbons (Fsp3) is 0.409. The van der Waals surface area contributed by atoms with Gasteiger partial charge in [-0.15, -0.1) is 0 Å². The van der Waals surface area contributed by atoms with Crippen molar-refractivity contribution in [2.24, 2.45) is 0 Å². The normalized spacial score (nSPS) is 20.6. The number of para-hydroxylation sites is 1. The number of carbonyl (C=O) groups is 2. The van der Waals surface area contributed by atoms with E-state index in [0.29, 0.717) is 13.1 Å². The molecule has 2 aliphatic rings. The number of aryl methyl sites for hydroxylation is 1. The second-order valence-corrected chi connectivity index (χ2v) is 7.57. The van der Waals surface area contributed by atoms with Gasteiger partial charge in [-0.1, -0.05) is 18.2 Å². The molecule has 2 aromatic rings. The van der Waals surface area contributed by atoms with Crippen molar-refractivity contribution in [1.82, 2.24) is 15.2 Å². The van der Waals surface area contributed by atoms with Crippen LogP contribution in [0.2, 0.25) is 0 Å². The zero-order valence-electron chi connectivity index (χ0n) is 16.3. The van der Waals surface area contributed by atoms with Crippen LogP contribution < -0.4 is 10.1 Å². The maximum Gasteiger partial charge on any atom is 0.242 e. The lowest BCUT2D eigenvalue weighted by atomic mass is 10.0. The Morgan fingerprint density at radius 2 is 2.14 bits per heavy atom.